The van der Waals surface area contributed by atoms with Crippen LogP contribution in [0.2, 0.25) is 0 Å². The number of rotatable bonds is 2. The molecule has 192 valence electrons. The molecule has 1 aliphatic heterocycles. The van der Waals surface area contributed by atoms with Crippen LogP contribution in [0.3, 0.4) is 0 Å². The molecule has 0 N–H and O–H groups in total. The lowest BCUT2D eigenvalue weighted by molar-refractivity contribution is 0.714. The third kappa shape index (κ3) is 3.18. The Morgan fingerprint density at radius 1 is 0.488 bits per heavy atom. The molecule has 0 amide bonds. The molecule has 0 nitrogen and oxygen atoms in total. The summed E-state index contributed by atoms with van der Waals surface area (Å²) < 4.78 is 0. The number of hydrogen-bond donors (Lipinski definition) is 0. The molecule has 41 heavy (non-hydrogen) atoms. The fourth-order valence-corrected chi connectivity index (χ4v) is 8.46. The first-order chi connectivity index (χ1) is 20.2. The van der Waals surface area contributed by atoms with E-state index < -0.39 is 0 Å². The number of fused-ring (bicyclic) bond motifs is 7. The molecule has 1 aliphatic carbocycles. The van der Waals surface area contributed by atoms with Crippen molar-refractivity contribution in [3.63, 3.8) is 0 Å². The van der Waals surface area contributed by atoms with Crippen LogP contribution in [-0.2, 0) is 5.41 Å². The first-order valence-electron chi connectivity index (χ1n) is 14.3. The van der Waals surface area contributed by atoms with E-state index in [9.17, 15) is 0 Å². The molecule has 0 fully saturated rings. The summed E-state index contributed by atoms with van der Waals surface area (Å²) in [5.74, 6) is 0. The molecule has 1 unspecified atom stereocenters. The number of benzene rings is 7. The highest BCUT2D eigenvalue weighted by atomic mass is 32.2. The molecule has 2 aliphatic rings. The molecule has 1 heterocycles. The van der Waals surface area contributed by atoms with E-state index in [-0.39, 0.29) is 5.41 Å². The topological polar surface area (TPSA) is 0 Å². The average Bonchev–Trinajstić information content (AvgIpc) is 3.30. The average molecular weight is 539 g/mol. The minimum absolute atomic E-state index is 0.243. The van der Waals surface area contributed by atoms with Crippen LogP contribution in [0.5, 0.6) is 0 Å². The van der Waals surface area contributed by atoms with E-state index in [2.05, 4.69) is 146 Å². The third-order valence-corrected chi connectivity index (χ3v) is 10.5. The lowest BCUT2D eigenvalue weighted by Gasteiger charge is -2.29. The second kappa shape index (κ2) is 8.46. The van der Waals surface area contributed by atoms with E-state index >= 15 is 0 Å². The van der Waals surface area contributed by atoms with Crippen molar-refractivity contribution in [2.45, 2.75) is 22.1 Å². The van der Waals surface area contributed by atoms with Gasteiger partial charge in [0.1, 0.15) is 0 Å². The Bertz CT molecular complexity index is 2190. The van der Waals surface area contributed by atoms with Gasteiger partial charge in [-0.05, 0) is 103 Å². The molecule has 0 aromatic heterocycles. The number of hydrogen-bond acceptors (Lipinski definition) is 1. The van der Waals surface area contributed by atoms with E-state index in [4.69, 9.17) is 0 Å². The maximum atomic E-state index is 2.47. The highest BCUT2D eigenvalue weighted by Gasteiger charge is 2.41. The van der Waals surface area contributed by atoms with E-state index in [0.29, 0.717) is 0 Å². The quantitative estimate of drug-likeness (QED) is 0.211. The fourth-order valence-electron chi connectivity index (χ4n) is 7.32. The van der Waals surface area contributed by atoms with Gasteiger partial charge in [-0.2, -0.15) is 0 Å². The Labute approximate surface area is 244 Å². The predicted octanol–water partition coefficient (Wildman–Crippen LogP) is 11.1. The van der Waals surface area contributed by atoms with Crippen molar-refractivity contribution in [1.29, 1.82) is 0 Å². The summed E-state index contributed by atoms with van der Waals surface area (Å²) >= 11 is 1.88. The zero-order valence-corrected chi connectivity index (χ0v) is 23.5. The van der Waals surface area contributed by atoms with E-state index in [1.807, 2.05) is 11.8 Å². The van der Waals surface area contributed by atoms with Gasteiger partial charge in [0.2, 0.25) is 0 Å². The highest BCUT2D eigenvalue weighted by molar-refractivity contribution is 7.99. The van der Waals surface area contributed by atoms with Crippen LogP contribution in [-0.4, -0.2) is 0 Å². The smallest absolute Gasteiger partial charge is 0.0435 e. The summed E-state index contributed by atoms with van der Waals surface area (Å²) in [5, 5.41) is 5.29. The summed E-state index contributed by atoms with van der Waals surface area (Å²) in [5.41, 5.74) is 11.8. The van der Waals surface area contributed by atoms with Crippen LogP contribution in [0.4, 0.5) is 0 Å². The van der Waals surface area contributed by atoms with E-state index in [1.54, 1.807) is 0 Å². The van der Waals surface area contributed by atoms with Crippen molar-refractivity contribution >= 4 is 33.3 Å². The maximum Gasteiger partial charge on any atom is 0.0435 e. The van der Waals surface area contributed by atoms with Gasteiger partial charge in [0.25, 0.3) is 0 Å². The SMILES string of the molecule is CC1(c2ccccc2)c2cc(-c3cc4c5c(cccc5c3)Sc3ccccc3-4)ccc2-c2c1ccc1ccccc21. The highest BCUT2D eigenvalue weighted by Crippen LogP contribution is 2.55. The summed E-state index contributed by atoms with van der Waals surface area (Å²) in [7, 11) is 0. The minimum Gasteiger partial charge on any atom is -0.0888 e. The summed E-state index contributed by atoms with van der Waals surface area (Å²) in [6.45, 7) is 2.41. The molecular weight excluding hydrogens is 513 g/mol. The van der Waals surface area contributed by atoms with Gasteiger partial charge in [-0.3, -0.25) is 0 Å². The van der Waals surface area contributed by atoms with Crippen molar-refractivity contribution in [2.24, 2.45) is 0 Å². The summed E-state index contributed by atoms with van der Waals surface area (Å²) in [6.07, 6.45) is 0. The first kappa shape index (κ1) is 23.1. The Balaban J connectivity index is 1.32. The maximum absolute atomic E-state index is 2.47. The Morgan fingerprint density at radius 2 is 1.27 bits per heavy atom. The molecular formula is C40H26S. The molecule has 0 bridgehead atoms. The molecule has 0 spiro atoms. The zero-order chi connectivity index (χ0) is 27.1. The van der Waals surface area contributed by atoms with Crippen LogP contribution in [0, 0.1) is 0 Å². The molecule has 0 radical (unpaired) electrons. The second-order valence-electron chi connectivity index (χ2n) is 11.4. The zero-order valence-electron chi connectivity index (χ0n) is 22.7. The van der Waals surface area contributed by atoms with Crippen LogP contribution in [0.15, 0.2) is 149 Å². The largest absolute Gasteiger partial charge is 0.0888 e. The normalized spacial score (nSPS) is 16.4. The van der Waals surface area contributed by atoms with Gasteiger partial charge in [-0.25, -0.2) is 0 Å². The first-order valence-corrected chi connectivity index (χ1v) is 15.1. The Morgan fingerprint density at radius 3 is 2.20 bits per heavy atom. The molecule has 1 heteroatoms. The van der Waals surface area contributed by atoms with Crippen LogP contribution in [0.25, 0.3) is 54.9 Å². The van der Waals surface area contributed by atoms with Crippen LogP contribution < -0.4 is 0 Å². The van der Waals surface area contributed by atoms with Crippen LogP contribution in [0.1, 0.15) is 23.6 Å². The molecule has 7 aromatic carbocycles. The Kier molecular flexibility index (Phi) is 4.77. The van der Waals surface area contributed by atoms with Crippen molar-refractivity contribution in [3.05, 3.63) is 156 Å². The van der Waals surface area contributed by atoms with Crippen molar-refractivity contribution in [2.75, 3.05) is 0 Å². The predicted molar refractivity (Wildman–Crippen MR) is 174 cm³/mol. The van der Waals surface area contributed by atoms with Crippen molar-refractivity contribution in [1.82, 2.24) is 0 Å². The summed E-state index contributed by atoms with van der Waals surface area (Å²) in [4.78, 5) is 2.67. The van der Waals surface area contributed by atoms with Crippen LogP contribution >= 0.6 is 11.8 Å². The minimum atomic E-state index is -0.243. The van der Waals surface area contributed by atoms with Gasteiger partial charge in [0, 0.05) is 20.6 Å². The molecule has 9 rings (SSSR count). The molecule has 0 saturated heterocycles. The van der Waals surface area contributed by atoms with E-state index in [1.165, 1.54) is 81.4 Å². The van der Waals surface area contributed by atoms with Gasteiger partial charge in [-0.1, -0.05) is 121 Å². The van der Waals surface area contributed by atoms with E-state index in [0.717, 1.165) is 0 Å². The van der Waals surface area contributed by atoms with Gasteiger partial charge >= 0.3 is 0 Å². The van der Waals surface area contributed by atoms with Gasteiger partial charge < -0.3 is 0 Å². The van der Waals surface area contributed by atoms with Gasteiger partial charge in [0.15, 0.2) is 0 Å². The standard InChI is InChI=1S/C40H26S/c1-40(29-12-3-2-4-13-29)34-21-19-25-10-5-6-14-30(25)39(34)32-20-18-26(24-35(32)40)28-22-27-11-9-17-37-38(27)33(23-28)31-15-7-8-16-36(31)41-37/h2-24H,1H3. The third-order valence-electron chi connectivity index (χ3n) is 9.32. The lowest BCUT2D eigenvalue weighted by Crippen LogP contribution is -2.22. The lowest BCUT2D eigenvalue weighted by atomic mass is 9.73. The van der Waals surface area contributed by atoms with Crippen molar-refractivity contribution < 1.29 is 0 Å². The molecule has 0 saturated carbocycles. The second-order valence-corrected chi connectivity index (χ2v) is 12.5. The van der Waals surface area contributed by atoms with Crippen molar-refractivity contribution in [3.8, 4) is 33.4 Å². The fraction of sp³-hybridized carbons (Fsp3) is 0.0500. The van der Waals surface area contributed by atoms with Gasteiger partial charge in [-0.15, -0.1) is 0 Å². The molecule has 1 atom stereocenters. The Hall–Kier alpha value is -4.59. The summed E-state index contributed by atoms with van der Waals surface area (Å²) in [6, 6.07) is 52.0. The van der Waals surface area contributed by atoms with Gasteiger partial charge in [0.05, 0.1) is 0 Å². The molecule has 7 aromatic rings. The monoisotopic (exact) mass is 538 g/mol.